The van der Waals surface area contributed by atoms with Crippen LogP contribution in [0.5, 0.6) is 5.75 Å². The van der Waals surface area contributed by atoms with Gasteiger partial charge in [-0.15, -0.1) is 0 Å². The van der Waals surface area contributed by atoms with Gasteiger partial charge in [0.25, 0.3) is 0 Å². The molecule has 1 aliphatic rings. The first kappa shape index (κ1) is 9.73. The molecule has 1 aromatic carbocycles. The van der Waals surface area contributed by atoms with Gasteiger partial charge in [0, 0.05) is 23.0 Å². The lowest BCUT2D eigenvalue weighted by Crippen LogP contribution is -2.17. The number of methoxy groups -OCH3 is 1. The normalized spacial score (nSPS) is 19.8. The molecule has 0 bridgehead atoms. The monoisotopic (exact) mass is 217 g/mol. The summed E-state index contributed by atoms with van der Waals surface area (Å²) in [5.74, 6) is 0.870. The predicted octanol–water partition coefficient (Wildman–Crippen LogP) is 2.03. The first-order chi connectivity index (χ1) is 7.78. The zero-order valence-corrected chi connectivity index (χ0v) is 9.29. The van der Waals surface area contributed by atoms with E-state index >= 15 is 0 Å². The second-order valence-electron chi connectivity index (χ2n) is 4.39. The molecule has 0 aliphatic heterocycles. The van der Waals surface area contributed by atoms with E-state index in [2.05, 4.69) is 4.98 Å². The number of hydrogen-bond acceptors (Lipinski definition) is 2. The molecule has 3 nitrogen and oxygen atoms in total. The quantitative estimate of drug-likeness (QED) is 0.767. The highest BCUT2D eigenvalue weighted by Gasteiger charge is 2.20. The van der Waals surface area contributed by atoms with Crippen LogP contribution in [0.15, 0.2) is 18.2 Å². The Kier molecular flexibility index (Phi) is 2.14. The third-order valence-electron chi connectivity index (χ3n) is 3.37. The van der Waals surface area contributed by atoms with Gasteiger partial charge in [0.05, 0.1) is 13.2 Å². The van der Waals surface area contributed by atoms with Gasteiger partial charge < -0.3 is 14.8 Å². The Bertz CT molecular complexity index is 530. The van der Waals surface area contributed by atoms with Crippen molar-refractivity contribution in [2.45, 2.75) is 25.4 Å². The first-order valence-corrected chi connectivity index (χ1v) is 5.63. The number of hydrogen-bond donors (Lipinski definition) is 2. The molecule has 16 heavy (non-hydrogen) atoms. The smallest absolute Gasteiger partial charge is 0.119 e. The Morgan fingerprint density at radius 3 is 3.12 bits per heavy atom. The van der Waals surface area contributed by atoms with E-state index < -0.39 is 0 Å². The molecule has 0 saturated carbocycles. The number of aliphatic hydroxyl groups excluding tert-OH is 1. The molecule has 3 heteroatoms. The Morgan fingerprint density at radius 2 is 2.31 bits per heavy atom. The summed E-state index contributed by atoms with van der Waals surface area (Å²) in [6, 6.07) is 6.04. The molecule has 1 heterocycles. The number of benzene rings is 1. The van der Waals surface area contributed by atoms with E-state index in [0.717, 1.165) is 30.5 Å². The molecule has 0 saturated heterocycles. The van der Waals surface area contributed by atoms with Crippen LogP contribution in [0.1, 0.15) is 17.7 Å². The Balaban J connectivity index is 2.20. The number of aryl methyl sites for hydroxylation is 1. The summed E-state index contributed by atoms with van der Waals surface area (Å²) in [4.78, 5) is 3.42. The minimum absolute atomic E-state index is 0.197. The minimum atomic E-state index is -0.197. The van der Waals surface area contributed by atoms with Crippen LogP contribution >= 0.6 is 0 Å². The summed E-state index contributed by atoms with van der Waals surface area (Å²) in [6.07, 6.45) is 2.35. The molecule has 2 aromatic rings. The Morgan fingerprint density at radius 1 is 1.44 bits per heavy atom. The van der Waals surface area contributed by atoms with Crippen LogP contribution in [0, 0.1) is 0 Å². The number of aromatic amines is 1. The van der Waals surface area contributed by atoms with Gasteiger partial charge in [-0.3, -0.25) is 0 Å². The molecule has 3 rings (SSSR count). The fourth-order valence-corrected chi connectivity index (χ4v) is 2.50. The van der Waals surface area contributed by atoms with Crippen molar-refractivity contribution in [2.24, 2.45) is 0 Å². The van der Waals surface area contributed by atoms with Crippen molar-refractivity contribution in [3.63, 3.8) is 0 Å². The van der Waals surface area contributed by atoms with E-state index in [0.29, 0.717) is 0 Å². The zero-order chi connectivity index (χ0) is 11.1. The standard InChI is InChI=1S/C13H15NO2/c1-16-9-3-5-13-11(7-9)10-6-8(15)2-4-12(10)14-13/h3,5,7-8,14-15H,2,4,6H2,1H3. The topological polar surface area (TPSA) is 45.2 Å². The van der Waals surface area contributed by atoms with Gasteiger partial charge in [-0.2, -0.15) is 0 Å². The summed E-state index contributed by atoms with van der Waals surface area (Å²) < 4.78 is 5.23. The van der Waals surface area contributed by atoms with Gasteiger partial charge >= 0.3 is 0 Å². The highest BCUT2D eigenvalue weighted by atomic mass is 16.5. The molecule has 2 N–H and O–H groups in total. The number of fused-ring (bicyclic) bond motifs is 3. The van der Waals surface area contributed by atoms with Crippen LogP contribution in [0.2, 0.25) is 0 Å². The van der Waals surface area contributed by atoms with E-state index in [1.165, 1.54) is 16.6 Å². The molecule has 1 aromatic heterocycles. The lowest BCUT2D eigenvalue weighted by atomic mass is 9.93. The van der Waals surface area contributed by atoms with Crippen molar-refractivity contribution >= 4 is 10.9 Å². The number of rotatable bonds is 1. The van der Waals surface area contributed by atoms with Gasteiger partial charge in [-0.1, -0.05) is 0 Å². The van der Waals surface area contributed by atoms with Crippen molar-refractivity contribution in [2.75, 3.05) is 7.11 Å². The molecular weight excluding hydrogens is 202 g/mol. The maximum absolute atomic E-state index is 9.72. The van der Waals surface area contributed by atoms with Crippen LogP contribution in [0.25, 0.3) is 10.9 Å². The predicted molar refractivity (Wildman–Crippen MR) is 62.9 cm³/mol. The van der Waals surface area contributed by atoms with Crippen molar-refractivity contribution < 1.29 is 9.84 Å². The maximum Gasteiger partial charge on any atom is 0.119 e. The summed E-state index contributed by atoms with van der Waals surface area (Å²) in [7, 11) is 1.68. The SMILES string of the molecule is COc1ccc2[nH]c3c(c2c1)CC(O)CC3. The second kappa shape index (κ2) is 3.52. The average Bonchev–Trinajstić information content (AvgIpc) is 2.66. The molecule has 0 fully saturated rings. The summed E-state index contributed by atoms with van der Waals surface area (Å²) >= 11 is 0. The molecule has 1 unspecified atom stereocenters. The molecule has 0 spiro atoms. The van der Waals surface area contributed by atoms with Crippen LogP contribution < -0.4 is 4.74 Å². The van der Waals surface area contributed by atoms with Crippen LogP contribution in [-0.4, -0.2) is 23.3 Å². The van der Waals surface area contributed by atoms with Crippen molar-refractivity contribution in [1.82, 2.24) is 4.98 Å². The summed E-state index contributed by atoms with van der Waals surface area (Å²) in [6.45, 7) is 0. The number of aliphatic hydroxyl groups is 1. The highest BCUT2D eigenvalue weighted by Crippen LogP contribution is 2.31. The number of ether oxygens (including phenoxy) is 1. The van der Waals surface area contributed by atoms with Gasteiger partial charge in [-0.25, -0.2) is 0 Å². The minimum Gasteiger partial charge on any atom is -0.497 e. The molecular formula is C13H15NO2. The van der Waals surface area contributed by atoms with Crippen molar-refractivity contribution in [3.05, 3.63) is 29.5 Å². The fraction of sp³-hybridized carbons (Fsp3) is 0.385. The van der Waals surface area contributed by atoms with E-state index in [1.54, 1.807) is 7.11 Å². The third-order valence-corrected chi connectivity index (χ3v) is 3.37. The molecule has 1 aliphatic carbocycles. The number of nitrogens with one attached hydrogen (secondary N) is 1. The Labute approximate surface area is 94.0 Å². The van der Waals surface area contributed by atoms with E-state index in [4.69, 9.17) is 4.74 Å². The maximum atomic E-state index is 9.72. The second-order valence-corrected chi connectivity index (χ2v) is 4.39. The van der Waals surface area contributed by atoms with Gasteiger partial charge in [0.1, 0.15) is 5.75 Å². The van der Waals surface area contributed by atoms with E-state index in [1.807, 2.05) is 18.2 Å². The molecule has 0 radical (unpaired) electrons. The van der Waals surface area contributed by atoms with Gasteiger partial charge in [0.15, 0.2) is 0 Å². The lowest BCUT2D eigenvalue weighted by molar-refractivity contribution is 0.158. The molecule has 84 valence electrons. The fourth-order valence-electron chi connectivity index (χ4n) is 2.50. The first-order valence-electron chi connectivity index (χ1n) is 5.63. The van der Waals surface area contributed by atoms with E-state index in [9.17, 15) is 5.11 Å². The molecule has 1 atom stereocenters. The summed E-state index contributed by atoms with van der Waals surface area (Å²) in [5.41, 5.74) is 3.67. The van der Waals surface area contributed by atoms with Crippen LogP contribution in [0.4, 0.5) is 0 Å². The van der Waals surface area contributed by atoms with E-state index in [-0.39, 0.29) is 6.10 Å². The van der Waals surface area contributed by atoms with Crippen molar-refractivity contribution in [3.8, 4) is 5.75 Å². The Hall–Kier alpha value is -1.48. The highest BCUT2D eigenvalue weighted by molar-refractivity contribution is 5.86. The lowest BCUT2D eigenvalue weighted by Gasteiger charge is -2.17. The molecule has 0 amide bonds. The summed E-state index contributed by atoms with van der Waals surface area (Å²) in [5, 5.41) is 10.9. The largest absolute Gasteiger partial charge is 0.497 e. The van der Waals surface area contributed by atoms with Gasteiger partial charge in [-0.05, 0) is 36.6 Å². The third kappa shape index (κ3) is 1.39. The number of H-pyrrole nitrogens is 1. The van der Waals surface area contributed by atoms with Crippen LogP contribution in [0.3, 0.4) is 0 Å². The van der Waals surface area contributed by atoms with Gasteiger partial charge in [0.2, 0.25) is 0 Å². The van der Waals surface area contributed by atoms with Crippen LogP contribution in [-0.2, 0) is 12.8 Å². The average molecular weight is 217 g/mol. The zero-order valence-electron chi connectivity index (χ0n) is 9.29. The van der Waals surface area contributed by atoms with Crippen molar-refractivity contribution in [1.29, 1.82) is 0 Å². The number of aromatic nitrogens is 1.